The number of nitrogens with one attached hydrogen (secondary N) is 1. The lowest BCUT2D eigenvalue weighted by atomic mass is 10.1. The average Bonchev–Trinajstić information content (AvgIpc) is 2.32. The fourth-order valence-corrected chi connectivity index (χ4v) is 2.14. The number of nitrogens with two attached hydrogens (primary N) is 1. The average molecular weight is 283 g/mol. The van der Waals surface area contributed by atoms with Gasteiger partial charge in [-0.3, -0.25) is 0 Å². The van der Waals surface area contributed by atoms with E-state index in [9.17, 15) is 0 Å². The smallest absolute Gasteiger partial charge is 0.136 e. The summed E-state index contributed by atoms with van der Waals surface area (Å²) in [5, 5.41) is 3.23. The first-order valence-corrected chi connectivity index (χ1v) is 6.44. The van der Waals surface area contributed by atoms with Crippen LogP contribution in [0.5, 0.6) is 0 Å². The molecule has 0 saturated heterocycles. The Morgan fingerprint density at radius 3 is 2.68 bits per heavy atom. The molecule has 0 aliphatic carbocycles. The topological polar surface area (TPSA) is 69.4 Å². The number of anilines is 1. The maximum Gasteiger partial charge on any atom is 0.136 e. The summed E-state index contributed by atoms with van der Waals surface area (Å²) in [7, 11) is 3.29. The first kappa shape index (κ1) is 15.8. The monoisotopic (exact) mass is 283 g/mol. The molecule has 0 fully saturated rings. The molecule has 19 heavy (non-hydrogen) atoms. The zero-order valence-electron chi connectivity index (χ0n) is 11.8. The second-order valence-corrected chi connectivity index (χ2v) is 4.80. The molecule has 6 heteroatoms. The molecule has 0 saturated carbocycles. The summed E-state index contributed by atoms with van der Waals surface area (Å²) in [4.78, 5) is 4.79. The number of aryl methyl sites for hydroxylation is 2. The van der Waals surface area contributed by atoms with Crippen LogP contribution in [0.15, 0.2) is 6.07 Å². The Morgan fingerprint density at radius 1 is 1.47 bits per heavy atom. The highest BCUT2D eigenvalue weighted by Crippen LogP contribution is 2.18. The fraction of sp³-hybridized carbons (Fsp3) is 0.538. The molecule has 1 atom stereocenters. The van der Waals surface area contributed by atoms with Crippen LogP contribution in [0.3, 0.4) is 0 Å². The van der Waals surface area contributed by atoms with Gasteiger partial charge in [-0.2, -0.15) is 0 Å². The van der Waals surface area contributed by atoms with Gasteiger partial charge in [-0.15, -0.1) is 0 Å². The maximum absolute atomic E-state index is 5.76. The molecule has 1 unspecified atom stereocenters. The first-order chi connectivity index (χ1) is 8.99. The molecule has 1 heterocycles. The van der Waals surface area contributed by atoms with E-state index in [1.807, 2.05) is 19.9 Å². The van der Waals surface area contributed by atoms with Crippen LogP contribution < -0.4 is 11.1 Å². The summed E-state index contributed by atoms with van der Waals surface area (Å²) in [6, 6.07) is 1.96. The van der Waals surface area contributed by atoms with Gasteiger partial charge >= 0.3 is 0 Å². The molecular weight excluding hydrogens is 262 g/mol. The lowest BCUT2D eigenvalue weighted by Crippen LogP contribution is -2.28. The van der Waals surface area contributed by atoms with Gasteiger partial charge < -0.3 is 20.5 Å². The van der Waals surface area contributed by atoms with Gasteiger partial charge in [-0.25, -0.2) is 4.98 Å². The molecule has 3 N–H and O–H groups in total. The third-order valence-corrected chi connectivity index (χ3v) is 2.98. The Labute approximate surface area is 119 Å². The largest absolute Gasteiger partial charge is 0.389 e. The van der Waals surface area contributed by atoms with Crippen molar-refractivity contribution in [3.05, 3.63) is 22.9 Å². The van der Waals surface area contributed by atoms with E-state index >= 15 is 0 Å². The van der Waals surface area contributed by atoms with Crippen LogP contribution in [0.2, 0.25) is 0 Å². The van der Waals surface area contributed by atoms with E-state index in [2.05, 4.69) is 10.3 Å². The molecular formula is C13H21N3O2S. The highest BCUT2D eigenvalue weighted by atomic mass is 32.1. The molecule has 0 bridgehead atoms. The van der Waals surface area contributed by atoms with Crippen LogP contribution in [-0.4, -0.2) is 43.4 Å². The van der Waals surface area contributed by atoms with Crippen molar-refractivity contribution >= 4 is 23.0 Å². The van der Waals surface area contributed by atoms with E-state index < -0.39 is 0 Å². The number of rotatable bonds is 7. The predicted octanol–water partition coefficient (Wildman–Crippen LogP) is 1.41. The minimum Gasteiger partial charge on any atom is -0.389 e. The molecule has 5 nitrogen and oxygen atoms in total. The van der Waals surface area contributed by atoms with E-state index in [1.165, 1.54) is 0 Å². The van der Waals surface area contributed by atoms with Crippen LogP contribution in [0.25, 0.3) is 0 Å². The minimum atomic E-state index is -0.0492. The SMILES string of the molecule is COCC(CNc1nc(C)cc(C)c1C(N)=S)OC. The van der Waals surface area contributed by atoms with Gasteiger partial charge in [-0.05, 0) is 25.5 Å². The van der Waals surface area contributed by atoms with Crippen molar-refractivity contribution in [1.29, 1.82) is 0 Å². The summed E-state index contributed by atoms with van der Waals surface area (Å²) >= 11 is 5.08. The molecule has 0 radical (unpaired) electrons. The Kier molecular flexibility index (Phi) is 6.14. The normalized spacial score (nSPS) is 12.2. The predicted molar refractivity (Wildman–Crippen MR) is 80.8 cm³/mol. The number of pyridine rings is 1. The lowest BCUT2D eigenvalue weighted by molar-refractivity contribution is 0.0365. The van der Waals surface area contributed by atoms with Crippen LogP contribution >= 0.6 is 12.2 Å². The quantitative estimate of drug-likeness (QED) is 0.737. The number of thiocarbonyl (C=S) groups is 1. The van der Waals surface area contributed by atoms with Gasteiger partial charge in [0.05, 0.1) is 18.3 Å². The highest BCUT2D eigenvalue weighted by Gasteiger charge is 2.13. The van der Waals surface area contributed by atoms with Crippen molar-refractivity contribution < 1.29 is 9.47 Å². The summed E-state index contributed by atoms with van der Waals surface area (Å²) in [6.07, 6.45) is -0.0492. The van der Waals surface area contributed by atoms with Crippen LogP contribution in [0.1, 0.15) is 16.8 Å². The van der Waals surface area contributed by atoms with Crippen molar-refractivity contribution in [3.8, 4) is 0 Å². The summed E-state index contributed by atoms with van der Waals surface area (Å²) in [5.41, 5.74) is 8.48. The first-order valence-electron chi connectivity index (χ1n) is 6.03. The Balaban J connectivity index is 2.90. The van der Waals surface area contributed by atoms with Crippen LogP contribution in [0, 0.1) is 13.8 Å². The molecule has 0 spiro atoms. The van der Waals surface area contributed by atoms with E-state index in [0.717, 1.165) is 16.8 Å². The molecule has 0 aliphatic heterocycles. The number of hydrogen-bond donors (Lipinski definition) is 2. The molecule has 1 aromatic rings. The number of nitrogens with zero attached hydrogens (tertiary/aromatic N) is 1. The van der Waals surface area contributed by atoms with Gasteiger partial charge in [0.25, 0.3) is 0 Å². The second-order valence-electron chi connectivity index (χ2n) is 4.36. The minimum absolute atomic E-state index is 0.0492. The van der Waals surface area contributed by atoms with Crippen molar-refractivity contribution in [1.82, 2.24) is 4.98 Å². The zero-order chi connectivity index (χ0) is 14.4. The molecule has 0 aliphatic rings. The van der Waals surface area contributed by atoms with E-state index in [4.69, 9.17) is 27.4 Å². The van der Waals surface area contributed by atoms with Crippen LogP contribution in [-0.2, 0) is 9.47 Å². The Hall–Kier alpha value is -1.24. The molecule has 106 valence electrons. The molecule has 1 aromatic heterocycles. The second kappa shape index (κ2) is 7.37. The molecule has 1 rings (SSSR count). The maximum atomic E-state index is 5.76. The van der Waals surface area contributed by atoms with Gasteiger partial charge in [0.15, 0.2) is 0 Å². The van der Waals surface area contributed by atoms with E-state index in [1.54, 1.807) is 14.2 Å². The van der Waals surface area contributed by atoms with Crippen molar-refractivity contribution in [2.24, 2.45) is 5.73 Å². The lowest BCUT2D eigenvalue weighted by Gasteiger charge is -2.18. The summed E-state index contributed by atoms with van der Waals surface area (Å²) in [6.45, 7) is 4.99. The molecule has 0 aromatic carbocycles. The van der Waals surface area contributed by atoms with Gasteiger partial charge in [0.1, 0.15) is 10.8 Å². The standard InChI is InChI=1S/C13H21N3O2S/c1-8-5-9(2)16-13(11(8)12(14)19)15-6-10(18-4)7-17-3/h5,10H,6-7H2,1-4H3,(H2,14,19)(H,15,16). The number of aromatic nitrogens is 1. The Bertz CT molecular complexity index is 452. The van der Waals surface area contributed by atoms with Crippen LogP contribution in [0.4, 0.5) is 5.82 Å². The number of methoxy groups -OCH3 is 2. The van der Waals surface area contributed by atoms with Crippen molar-refractivity contribution in [2.45, 2.75) is 20.0 Å². The van der Waals surface area contributed by atoms with E-state index in [0.29, 0.717) is 24.0 Å². The van der Waals surface area contributed by atoms with Gasteiger partial charge in [-0.1, -0.05) is 12.2 Å². The highest BCUT2D eigenvalue weighted by molar-refractivity contribution is 7.80. The molecule has 0 amide bonds. The van der Waals surface area contributed by atoms with Gasteiger partial charge in [0.2, 0.25) is 0 Å². The third kappa shape index (κ3) is 4.41. The summed E-state index contributed by atoms with van der Waals surface area (Å²) in [5.74, 6) is 0.697. The number of hydrogen-bond acceptors (Lipinski definition) is 5. The fourth-order valence-electron chi connectivity index (χ4n) is 1.88. The van der Waals surface area contributed by atoms with Crippen molar-refractivity contribution in [3.63, 3.8) is 0 Å². The zero-order valence-corrected chi connectivity index (χ0v) is 12.6. The van der Waals surface area contributed by atoms with Crippen molar-refractivity contribution in [2.75, 3.05) is 32.7 Å². The summed E-state index contributed by atoms with van der Waals surface area (Å²) < 4.78 is 10.4. The van der Waals surface area contributed by atoms with E-state index in [-0.39, 0.29) is 6.10 Å². The number of ether oxygens (including phenoxy) is 2. The Morgan fingerprint density at radius 2 is 2.16 bits per heavy atom. The third-order valence-electron chi connectivity index (χ3n) is 2.77. The van der Waals surface area contributed by atoms with Gasteiger partial charge in [0, 0.05) is 26.5 Å².